The van der Waals surface area contributed by atoms with Crippen LogP contribution in [0.15, 0.2) is 59.5 Å². The van der Waals surface area contributed by atoms with Crippen LogP contribution in [0, 0.1) is 0 Å². The number of ether oxygens (including phenoxy) is 2. The van der Waals surface area contributed by atoms with Crippen LogP contribution in [-0.4, -0.2) is 46.0 Å². The second-order valence-corrected chi connectivity index (χ2v) is 7.42. The zero-order valence-corrected chi connectivity index (χ0v) is 16.4. The zero-order chi connectivity index (χ0) is 19.9. The molecular formula is C20H17NO5S2. The Balaban J connectivity index is 1.53. The summed E-state index contributed by atoms with van der Waals surface area (Å²) in [5, 5.41) is 8.86. The van der Waals surface area contributed by atoms with Crippen molar-refractivity contribution in [2.75, 3.05) is 19.8 Å². The van der Waals surface area contributed by atoms with E-state index in [1.807, 2.05) is 42.5 Å². The molecule has 0 radical (unpaired) electrons. The Bertz CT molecular complexity index is 897. The fourth-order valence-electron chi connectivity index (χ4n) is 2.42. The Morgan fingerprint density at radius 2 is 1.64 bits per heavy atom. The van der Waals surface area contributed by atoms with E-state index in [-0.39, 0.29) is 4.32 Å². The van der Waals surface area contributed by atoms with Crippen molar-refractivity contribution >= 4 is 46.3 Å². The first-order chi connectivity index (χ1) is 13.5. The van der Waals surface area contributed by atoms with Crippen molar-refractivity contribution in [3.8, 4) is 11.5 Å². The molecule has 0 unspecified atom stereocenters. The number of benzene rings is 2. The summed E-state index contributed by atoms with van der Waals surface area (Å²) >= 11 is 6.17. The third-order valence-corrected chi connectivity index (χ3v) is 5.09. The van der Waals surface area contributed by atoms with Gasteiger partial charge in [0.2, 0.25) is 0 Å². The topological polar surface area (TPSA) is 76.1 Å². The Kier molecular flexibility index (Phi) is 6.67. The summed E-state index contributed by atoms with van der Waals surface area (Å²) in [6.07, 6.45) is 1.68. The van der Waals surface area contributed by atoms with E-state index in [1.165, 1.54) is 0 Å². The van der Waals surface area contributed by atoms with Gasteiger partial charge in [0.1, 0.15) is 35.6 Å². The first-order valence-electron chi connectivity index (χ1n) is 8.41. The highest BCUT2D eigenvalue weighted by Crippen LogP contribution is 2.32. The molecule has 2 aromatic carbocycles. The third-order valence-electron chi connectivity index (χ3n) is 3.71. The number of hydrogen-bond donors (Lipinski definition) is 1. The smallest absolute Gasteiger partial charge is 0.323 e. The minimum atomic E-state index is -1.10. The van der Waals surface area contributed by atoms with Gasteiger partial charge in [0, 0.05) is 0 Å². The molecule has 0 aliphatic carbocycles. The summed E-state index contributed by atoms with van der Waals surface area (Å²) in [6.45, 7) is 0.403. The molecule has 8 heteroatoms. The van der Waals surface area contributed by atoms with Gasteiger partial charge >= 0.3 is 5.97 Å². The average Bonchev–Trinajstić information content (AvgIpc) is 2.94. The molecule has 1 aliphatic rings. The number of thiocarbonyl (C=S) groups is 1. The molecule has 144 valence electrons. The number of hydrogen-bond acceptors (Lipinski definition) is 6. The van der Waals surface area contributed by atoms with Crippen LogP contribution in [0.25, 0.3) is 6.08 Å². The van der Waals surface area contributed by atoms with Crippen molar-refractivity contribution in [2.24, 2.45) is 0 Å². The van der Waals surface area contributed by atoms with E-state index in [0.717, 1.165) is 28.0 Å². The average molecular weight is 415 g/mol. The SMILES string of the molecule is O=C(O)CN1C(=O)/C(=C/c2ccc(OCCOc3ccccc3)cc2)SC1=S. The molecule has 1 amide bonds. The van der Waals surface area contributed by atoms with Gasteiger partial charge in [0.05, 0.1) is 4.91 Å². The van der Waals surface area contributed by atoms with Crippen molar-refractivity contribution in [1.29, 1.82) is 0 Å². The summed E-state index contributed by atoms with van der Waals surface area (Å²) in [5.74, 6) is -0.0139. The van der Waals surface area contributed by atoms with Crippen molar-refractivity contribution in [2.45, 2.75) is 0 Å². The molecule has 6 nitrogen and oxygen atoms in total. The predicted octanol–water partition coefficient (Wildman–Crippen LogP) is 3.43. The van der Waals surface area contributed by atoms with Crippen molar-refractivity contribution in [3.63, 3.8) is 0 Å². The number of thioether (sulfide) groups is 1. The third kappa shape index (κ3) is 5.34. The van der Waals surface area contributed by atoms with Gasteiger partial charge < -0.3 is 14.6 Å². The van der Waals surface area contributed by atoms with Crippen LogP contribution in [-0.2, 0) is 9.59 Å². The van der Waals surface area contributed by atoms with Gasteiger partial charge in [0.15, 0.2) is 0 Å². The monoisotopic (exact) mass is 415 g/mol. The lowest BCUT2D eigenvalue weighted by molar-refractivity contribution is -0.140. The van der Waals surface area contributed by atoms with Gasteiger partial charge in [-0.3, -0.25) is 14.5 Å². The maximum atomic E-state index is 12.3. The molecule has 1 heterocycles. The van der Waals surface area contributed by atoms with Crippen LogP contribution in [0.4, 0.5) is 0 Å². The molecule has 0 saturated carbocycles. The number of nitrogens with zero attached hydrogens (tertiary/aromatic N) is 1. The maximum Gasteiger partial charge on any atom is 0.323 e. The summed E-state index contributed by atoms with van der Waals surface area (Å²) in [6, 6.07) is 16.7. The number of carbonyl (C=O) groups excluding carboxylic acids is 1. The first kappa shape index (κ1) is 19.9. The summed E-state index contributed by atoms with van der Waals surface area (Å²) in [7, 11) is 0. The van der Waals surface area contributed by atoms with E-state index in [1.54, 1.807) is 18.2 Å². The number of amides is 1. The summed E-state index contributed by atoms with van der Waals surface area (Å²) < 4.78 is 11.5. The molecule has 0 spiro atoms. The molecule has 0 bridgehead atoms. The van der Waals surface area contributed by atoms with Gasteiger partial charge in [-0.1, -0.05) is 54.3 Å². The standard InChI is InChI=1S/C20H17NO5S2/c22-18(23)13-21-19(24)17(28-20(21)27)12-14-6-8-16(9-7-14)26-11-10-25-15-4-2-1-3-5-15/h1-9,12H,10-11,13H2,(H,22,23)/b17-12-. The molecule has 1 fully saturated rings. The van der Waals surface area contributed by atoms with E-state index >= 15 is 0 Å². The van der Waals surface area contributed by atoms with Crippen LogP contribution in [0.2, 0.25) is 0 Å². The van der Waals surface area contributed by atoms with Crippen molar-refractivity contribution in [3.05, 3.63) is 65.1 Å². The molecule has 0 aromatic heterocycles. The molecule has 1 N–H and O–H groups in total. The highest BCUT2D eigenvalue weighted by molar-refractivity contribution is 8.26. The molecule has 1 saturated heterocycles. The molecular weight excluding hydrogens is 398 g/mol. The van der Waals surface area contributed by atoms with Crippen LogP contribution in [0.1, 0.15) is 5.56 Å². The van der Waals surface area contributed by atoms with Crippen LogP contribution in [0.3, 0.4) is 0 Å². The second kappa shape index (κ2) is 9.38. The predicted molar refractivity (Wildman–Crippen MR) is 111 cm³/mol. The van der Waals surface area contributed by atoms with Gasteiger partial charge in [-0.2, -0.15) is 0 Å². The van der Waals surface area contributed by atoms with Crippen LogP contribution < -0.4 is 9.47 Å². The van der Waals surface area contributed by atoms with E-state index in [4.69, 9.17) is 26.8 Å². The number of carboxylic acids is 1. The summed E-state index contributed by atoms with van der Waals surface area (Å²) in [4.78, 5) is 24.6. The number of para-hydroxylation sites is 1. The Labute approximate surface area is 171 Å². The van der Waals surface area contributed by atoms with E-state index in [2.05, 4.69) is 0 Å². The highest BCUT2D eigenvalue weighted by atomic mass is 32.2. The largest absolute Gasteiger partial charge is 0.490 e. The number of carboxylic acid groups (broad SMARTS) is 1. The lowest BCUT2D eigenvalue weighted by Crippen LogP contribution is -2.33. The fraction of sp³-hybridized carbons (Fsp3) is 0.150. The van der Waals surface area contributed by atoms with Crippen LogP contribution in [0.5, 0.6) is 11.5 Å². The highest BCUT2D eigenvalue weighted by Gasteiger charge is 2.33. The van der Waals surface area contributed by atoms with E-state index in [0.29, 0.717) is 23.9 Å². The Morgan fingerprint density at radius 3 is 2.25 bits per heavy atom. The Hall–Kier alpha value is -2.84. The number of rotatable bonds is 8. The second-order valence-electron chi connectivity index (χ2n) is 5.74. The van der Waals surface area contributed by atoms with E-state index < -0.39 is 18.4 Å². The number of carbonyl (C=O) groups is 2. The normalized spacial score (nSPS) is 15.1. The first-order valence-corrected chi connectivity index (χ1v) is 9.63. The molecule has 0 atom stereocenters. The van der Waals surface area contributed by atoms with Crippen molar-refractivity contribution in [1.82, 2.24) is 4.90 Å². The molecule has 28 heavy (non-hydrogen) atoms. The number of aliphatic carboxylic acids is 1. The quantitative estimate of drug-likeness (QED) is 0.402. The lowest BCUT2D eigenvalue weighted by Gasteiger charge is -2.10. The maximum absolute atomic E-state index is 12.3. The Morgan fingerprint density at radius 1 is 1.04 bits per heavy atom. The van der Waals surface area contributed by atoms with Gasteiger partial charge in [-0.05, 0) is 35.9 Å². The minimum absolute atomic E-state index is 0.247. The van der Waals surface area contributed by atoms with E-state index in [9.17, 15) is 9.59 Å². The molecule has 2 aromatic rings. The minimum Gasteiger partial charge on any atom is -0.490 e. The van der Waals surface area contributed by atoms with Gasteiger partial charge in [-0.25, -0.2) is 0 Å². The lowest BCUT2D eigenvalue weighted by atomic mass is 10.2. The van der Waals surface area contributed by atoms with Crippen LogP contribution >= 0.6 is 24.0 Å². The zero-order valence-electron chi connectivity index (χ0n) is 14.7. The van der Waals surface area contributed by atoms with Gasteiger partial charge in [-0.15, -0.1) is 0 Å². The summed E-state index contributed by atoms with van der Waals surface area (Å²) in [5.41, 5.74) is 0.795. The van der Waals surface area contributed by atoms with Gasteiger partial charge in [0.25, 0.3) is 5.91 Å². The van der Waals surface area contributed by atoms with Crippen molar-refractivity contribution < 1.29 is 24.2 Å². The molecule has 1 aliphatic heterocycles. The molecule has 3 rings (SSSR count). The fourth-order valence-corrected chi connectivity index (χ4v) is 3.67.